The van der Waals surface area contributed by atoms with Gasteiger partial charge in [0.15, 0.2) is 0 Å². The molecule has 3 rings (SSSR count). The molecular formula is C15H19N3O3S. The van der Waals surface area contributed by atoms with Crippen LogP contribution in [-0.4, -0.2) is 49.2 Å². The van der Waals surface area contributed by atoms with Crippen molar-refractivity contribution in [2.75, 3.05) is 20.3 Å². The molecule has 2 heterocycles. The van der Waals surface area contributed by atoms with Crippen LogP contribution >= 0.6 is 0 Å². The van der Waals surface area contributed by atoms with Crippen LogP contribution in [0.15, 0.2) is 41.6 Å². The largest absolute Gasteiger partial charge is 0.383 e. The highest BCUT2D eigenvalue weighted by Gasteiger charge is 2.36. The van der Waals surface area contributed by atoms with E-state index in [1.54, 1.807) is 42.0 Å². The Balaban J connectivity index is 2.03. The quantitative estimate of drug-likeness (QED) is 0.912. The molecule has 1 N–H and O–H groups in total. The van der Waals surface area contributed by atoms with Crippen LogP contribution in [0.4, 0.5) is 0 Å². The van der Waals surface area contributed by atoms with E-state index in [0.717, 1.165) is 18.4 Å². The number of hydrogen-bond acceptors (Lipinski definition) is 4. The number of benzene rings is 1. The molecule has 118 valence electrons. The Bertz CT molecular complexity index is 728. The summed E-state index contributed by atoms with van der Waals surface area (Å²) in [4.78, 5) is 0.319. The minimum atomic E-state index is -3.56. The van der Waals surface area contributed by atoms with Gasteiger partial charge in [0.2, 0.25) is 10.0 Å². The van der Waals surface area contributed by atoms with E-state index in [-0.39, 0.29) is 6.04 Å². The summed E-state index contributed by atoms with van der Waals surface area (Å²) in [7, 11) is -1.96. The summed E-state index contributed by atoms with van der Waals surface area (Å²) in [5.41, 5.74) is 1.43. The van der Waals surface area contributed by atoms with Crippen LogP contribution in [0.2, 0.25) is 0 Å². The SMILES string of the molecule is COC[C@@H]1CCCN1S(=O)(=O)c1ccccc1-c1cn[nH]c1. The minimum absolute atomic E-state index is 0.0904. The first-order valence-corrected chi connectivity index (χ1v) is 8.67. The van der Waals surface area contributed by atoms with Gasteiger partial charge in [-0.3, -0.25) is 5.10 Å². The van der Waals surface area contributed by atoms with Crippen LogP contribution < -0.4 is 0 Å². The molecule has 1 aliphatic rings. The molecule has 7 heteroatoms. The minimum Gasteiger partial charge on any atom is -0.383 e. The lowest BCUT2D eigenvalue weighted by molar-refractivity contribution is 0.149. The van der Waals surface area contributed by atoms with Gasteiger partial charge in [-0.2, -0.15) is 9.40 Å². The average Bonchev–Trinajstić information content (AvgIpc) is 3.19. The fraction of sp³-hybridized carbons (Fsp3) is 0.400. The molecular weight excluding hydrogens is 302 g/mol. The van der Waals surface area contributed by atoms with Gasteiger partial charge in [0.05, 0.1) is 17.7 Å². The molecule has 1 aromatic carbocycles. The Morgan fingerprint density at radius 2 is 2.23 bits per heavy atom. The van der Waals surface area contributed by atoms with Crippen molar-refractivity contribution >= 4 is 10.0 Å². The zero-order chi connectivity index (χ0) is 15.6. The summed E-state index contributed by atoms with van der Waals surface area (Å²) < 4.78 is 32.9. The molecule has 1 atom stereocenters. The molecule has 1 saturated heterocycles. The van der Waals surface area contributed by atoms with Gasteiger partial charge >= 0.3 is 0 Å². The lowest BCUT2D eigenvalue weighted by atomic mass is 10.1. The third kappa shape index (κ3) is 2.67. The average molecular weight is 321 g/mol. The second-order valence-electron chi connectivity index (χ2n) is 5.35. The molecule has 2 aromatic rings. The van der Waals surface area contributed by atoms with E-state index in [9.17, 15) is 8.42 Å². The van der Waals surface area contributed by atoms with Crippen molar-refractivity contribution in [3.63, 3.8) is 0 Å². The Kier molecular flexibility index (Phi) is 4.28. The van der Waals surface area contributed by atoms with E-state index in [2.05, 4.69) is 10.2 Å². The van der Waals surface area contributed by atoms with Gasteiger partial charge in [-0.1, -0.05) is 18.2 Å². The zero-order valence-electron chi connectivity index (χ0n) is 12.4. The molecule has 0 amide bonds. The molecule has 1 aromatic heterocycles. The molecule has 1 aliphatic heterocycles. The molecule has 0 aliphatic carbocycles. The first-order valence-electron chi connectivity index (χ1n) is 7.23. The number of H-pyrrole nitrogens is 1. The third-order valence-electron chi connectivity index (χ3n) is 3.97. The highest BCUT2D eigenvalue weighted by Crippen LogP contribution is 2.32. The fourth-order valence-corrected chi connectivity index (χ4v) is 4.83. The van der Waals surface area contributed by atoms with Crippen molar-refractivity contribution in [2.24, 2.45) is 0 Å². The van der Waals surface area contributed by atoms with E-state index >= 15 is 0 Å². The molecule has 6 nitrogen and oxygen atoms in total. The molecule has 0 radical (unpaired) electrons. The maximum Gasteiger partial charge on any atom is 0.244 e. The third-order valence-corrected chi connectivity index (χ3v) is 5.98. The predicted octanol–water partition coefficient (Wildman–Crippen LogP) is 1.88. The Labute approximate surface area is 130 Å². The molecule has 0 bridgehead atoms. The molecule has 0 unspecified atom stereocenters. The van der Waals surface area contributed by atoms with Gasteiger partial charge in [0, 0.05) is 37.0 Å². The summed E-state index contributed by atoms with van der Waals surface area (Å²) in [5, 5.41) is 6.64. The Morgan fingerprint density at radius 3 is 2.95 bits per heavy atom. The maximum absolute atomic E-state index is 13.1. The second kappa shape index (κ2) is 6.20. The second-order valence-corrected chi connectivity index (χ2v) is 7.21. The van der Waals surface area contributed by atoms with Crippen LogP contribution in [0.1, 0.15) is 12.8 Å². The van der Waals surface area contributed by atoms with Gasteiger partial charge in [-0.25, -0.2) is 8.42 Å². The molecule has 1 fully saturated rings. The summed E-state index contributed by atoms with van der Waals surface area (Å²) in [6.45, 7) is 0.961. The van der Waals surface area contributed by atoms with Crippen molar-refractivity contribution < 1.29 is 13.2 Å². The van der Waals surface area contributed by atoms with Crippen molar-refractivity contribution in [2.45, 2.75) is 23.8 Å². The van der Waals surface area contributed by atoms with Gasteiger partial charge in [-0.05, 0) is 18.9 Å². The standard InChI is InChI=1S/C15H19N3O3S/c1-21-11-13-5-4-8-18(13)22(19,20)15-7-3-2-6-14(15)12-9-16-17-10-12/h2-3,6-7,9-10,13H,4-5,8,11H2,1H3,(H,16,17)/t13-/m0/s1. The molecule has 0 spiro atoms. The van der Waals surface area contributed by atoms with Crippen molar-refractivity contribution in [3.8, 4) is 11.1 Å². The predicted molar refractivity (Wildman–Crippen MR) is 82.8 cm³/mol. The number of sulfonamides is 1. The lowest BCUT2D eigenvalue weighted by Crippen LogP contribution is -2.38. The van der Waals surface area contributed by atoms with E-state index in [4.69, 9.17) is 4.74 Å². The Hall–Kier alpha value is -1.70. The number of aromatic nitrogens is 2. The van der Waals surface area contributed by atoms with Gasteiger partial charge in [0.1, 0.15) is 0 Å². The number of methoxy groups -OCH3 is 1. The molecule has 0 saturated carbocycles. The topological polar surface area (TPSA) is 75.3 Å². The van der Waals surface area contributed by atoms with Crippen LogP contribution in [0.5, 0.6) is 0 Å². The number of ether oxygens (including phenoxy) is 1. The van der Waals surface area contributed by atoms with Crippen LogP contribution in [0.25, 0.3) is 11.1 Å². The first kappa shape index (κ1) is 15.2. The highest BCUT2D eigenvalue weighted by atomic mass is 32.2. The smallest absolute Gasteiger partial charge is 0.244 e. The first-order chi connectivity index (χ1) is 10.6. The summed E-state index contributed by atoms with van der Waals surface area (Å²) in [6.07, 6.45) is 5.03. The Morgan fingerprint density at radius 1 is 1.41 bits per heavy atom. The van der Waals surface area contributed by atoms with Crippen LogP contribution in [0.3, 0.4) is 0 Å². The lowest BCUT2D eigenvalue weighted by Gasteiger charge is -2.24. The fourth-order valence-electron chi connectivity index (χ4n) is 2.94. The number of nitrogens with zero attached hydrogens (tertiary/aromatic N) is 2. The number of nitrogens with one attached hydrogen (secondary N) is 1. The van der Waals surface area contributed by atoms with Crippen LogP contribution in [-0.2, 0) is 14.8 Å². The monoisotopic (exact) mass is 321 g/mol. The van der Waals surface area contributed by atoms with E-state index in [1.165, 1.54) is 0 Å². The van der Waals surface area contributed by atoms with E-state index in [0.29, 0.717) is 23.6 Å². The van der Waals surface area contributed by atoms with Crippen LogP contribution in [0, 0.1) is 0 Å². The van der Waals surface area contributed by atoms with Gasteiger partial charge in [-0.15, -0.1) is 0 Å². The zero-order valence-corrected chi connectivity index (χ0v) is 13.2. The van der Waals surface area contributed by atoms with Crippen molar-refractivity contribution in [1.82, 2.24) is 14.5 Å². The van der Waals surface area contributed by atoms with E-state index in [1.807, 2.05) is 6.07 Å². The summed E-state index contributed by atoms with van der Waals surface area (Å²) >= 11 is 0. The van der Waals surface area contributed by atoms with Gasteiger partial charge in [0.25, 0.3) is 0 Å². The van der Waals surface area contributed by atoms with Gasteiger partial charge < -0.3 is 4.74 Å². The normalized spacial score (nSPS) is 19.6. The van der Waals surface area contributed by atoms with Crippen molar-refractivity contribution in [1.29, 1.82) is 0 Å². The maximum atomic E-state index is 13.1. The molecule has 22 heavy (non-hydrogen) atoms. The van der Waals surface area contributed by atoms with Crippen molar-refractivity contribution in [3.05, 3.63) is 36.7 Å². The number of aromatic amines is 1. The van der Waals surface area contributed by atoms with E-state index < -0.39 is 10.0 Å². The highest BCUT2D eigenvalue weighted by molar-refractivity contribution is 7.89. The summed E-state index contributed by atoms with van der Waals surface area (Å²) in [6, 6.07) is 6.95. The number of rotatable bonds is 5. The number of hydrogen-bond donors (Lipinski definition) is 1. The summed E-state index contributed by atoms with van der Waals surface area (Å²) in [5.74, 6) is 0.